The lowest BCUT2D eigenvalue weighted by molar-refractivity contribution is -0.120. The first-order valence-corrected chi connectivity index (χ1v) is 8.89. The molecule has 1 fully saturated rings. The first-order valence-electron chi connectivity index (χ1n) is 7.45. The number of nitrogens with zero attached hydrogens (tertiary/aromatic N) is 1. The Morgan fingerprint density at radius 3 is 2.70 bits per heavy atom. The first kappa shape index (κ1) is 15.5. The molecule has 20 heavy (non-hydrogen) atoms. The van der Waals surface area contributed by atoms with Gasteiger partial charge in [0.2, 0.25) is 5.91 Å². The highest BCUT2D eigenvalue weighted by Crippen LogP contribution is 2.40. The van der Waals surface area contributed by atoms with Gasteiger partial charge in [0, 0.05) is 19.5 Å². The molecule has 0 spiro atoms. The predicted octanol–water partition coefficient (Wildman–Crippen LogP) is 1.83. The molecule has 1 heterocycles. The third-order valence-corrected chi connectivity index (χ3v) is 5.51. The molecule has 5 nitrogen and oxygen atoms in total. The normalized spacial score (nSPS) is 34.1. The van der Waals surface area contributed by atoms with Crippen LogP contribution in [0.15, 0.2) is 12.2 Å². The van der Waals surface area contributed by atoms with Gasteiger partial charge in [-0.3, -0.25) is 4.79 Å². The fourth-order valence-electron chi connectivity index (χ4n) is 2.53. The Hall–Kier alpha value is -0.880. The van der Waals surface area contributed by atoms with E-state index in [1.165, 1.54) is 24.2 Å². The maximum absolute atomic E-state index is 12.0. The van der Waals surface area contributed by atoms with Crippen LogP contribution in [0, 0.1) is 11.8 Å². The van der Waals surface area contributed by atoms with Gasteiger partial charge in [-0.2, -0.15) is 12.7 Å². The van der Waals surface area contributed by atoms with E-state index >= 15 is 0 Å². The Bertz CT molecular complexity index is 473. The number of hydrogen-bond acceptors (Lipinski definition) is 3. The number of carbonyl (C=O) groups is 1. The summed E-state index contributed by atoms with van der Waals surface area (Å²) < 4.78 is 27.4. The highest BCUT2D eigenvalue weighted by atomic mass is 32.2. The van der Waals surface area contributed by atoms with E-state index in [1.54, 1.807) is 0 Å². The van der Waals surface area contributed by atoms with Gasteiger partial charge in [0.1, 0.15) is 0 Å². The van der Waals surface area contributed by atoms with Crippen LogP contribution >= 0.6 is 0 Å². The van der Waals surface area contributed by atoms with Gasteiger partial charge in [-0.15, -0.1) is 0 Å². The smallest absolute Gasteiger partial charge is 0.274 e. The lowest BCUT2D eigenvalue weighted by Crippen LogP contribution is -2.42. The molecule has 1 saturated carbocycles. The van der Waals surface area contributed by atoms with E-state index in [1.807, 2.05) is 0 Å². The third kappa shape index (κ3) is 4.31. The minimum atomic E-state index is -3.66. The van der Waals surface area contributed by atoms with Crippen molar-refractivity contribution in [1.29, 1.82) is 0 Å². The van der Waals surface area contributed by atoms with E-state index < -0.39 is 10.2 Å². The van der Waals surface area contributed by atoms with Gasteiger partial charge in [0.15, 0.2) is 0 Å². The average Bonchev–Trinajstić information content (AvgIpc) is 3.14. The first-order chi connectivity index (χ1) is 9.50. The van der Waals surface area contributed by atoms with Crippen molar-refractivity contribution in [3.63, 3.8) is 0 Å². The van der Waals surface area contributed by atoms with Crippen LogP contribution in [0.4, 0.5) is 0 Å². The number of hydrogen-bond donors (Lipinski definition) is 1. The molecule has 114 valence electrons. The molecule has 0 bridgehead atoms. The Balaban J connectivity index is 1.99. The zero-order valence-corrected chi connectivity index (χ0v) is 12.9. The van der Waals surface area contributed by atoms with Crippen LogP contribution in [0.5, 0.6) is 0 Å². The molecule has 6 heteroatoms. The Morgan fingerprint density at radius 1 is 1.20 bits per heavy atom. The summed E-state index contributed by atoms with van der Waals surface area (Å²) in [4.78, 5) is 11.9. The molecule has 0 radical (unpaired) electrons. The van der Waals surface area contributed by atoms with Crippen LogP contribution in [0.2, 0.25) is 0 Å². The lowest BCUT2D eigenvalue weighted by atomic mass is 10.1. The van der Waals surface area contributed by atoms with Crippen LogP contribution < -0.4 is 4.72 Å². The molecular weight excluding hydrogens is 276 g/mol. The second-order valence-corrected chi connectivity index (χ2v) is 7.56. The van der Waals surface area contributed by atoms with Crippen LogP contribution in [-0.2, 0) is 15.0 Å². The Kier molecular flexibility index (Phi) is 5.21. The van der Waals surface area contributed by atoms with Gasteiger partial charge in [-0.25, -0.2) is 4.72 Å². The SMILES string of the molecule is CN1CCCCCCC/C=C/[C@@H]2C[C@@H]2C(=O)NS1(=O)=O. The second kappa shape index (κ2) is 6.72. The van der Waals surface area contributed by atoms with E-state index in [2.05, 4.69) is 16.9 Å². The summed E-state index contributed by atoms with van der Waals surface area (Å²) in [5, 5.41) is 0. The van der Waals surface area contributed by atoms with Crippen molar-refractivity contribution in [2.75, 3.05) is 13.6 Å². The van der Waals surface area contributed by atoms with Crippen molar-refractivity contribution in [3.8, 4) is 0 Å². The minimum absolute atomic E-state index is 0.167. The quantitative estimate of drug-likeness (QED) is 0.694. The molecule has 1 aliphatic heterocycles. The molecule has 0 aromatic rings. The van der Waals surface area contributed by atoms with Crippen molar-refractivity contribution in [2.45, 2.75) is 44.9 Å². The van der Waals surface area contributed by atoms with Crippen molar-refractivity contribution >= 4 is 16.1 Å². The lowest BCUT2D eigenvalue weighted by Gasteiger charge is -2.17. The van der Waals surface area contributed by atoms with Crippen molar-refractivity contribution in [2.24, 2.45) is 11.8 Å². The minimum Gasteiger partial charge on any atom is -0.274 e. The van der Waals surface area contributed by atoms with Crippen molar-refractivity contribution in [1.82, 2.24) is 9.03 Å². The average molecular weight is 300 g/mol. The van der Waals surface area contributed by atoms with Gasteiger partial charge in [0.25, 0.3) is 0 Å². The largest absolute Gasteiger partial charge is 0.303 e. The summed E-state index contributed by atoms with van der Waals surface area (Å²) in [6, 6.07) is 0. The molecule has 2 atom stereocenters. The summed E-state index contributed by atoms with van der Waals surface area (Å²) in [5.74, 6) is -0.304. The number of rotatable bonds is 0. The van der Waals surface area contributed by atoms with E-state index in [4.69, 9.17) is 0 Å². The van der Waals surface area contributed by atoms with E-state index in [0.29, 0.717) is 6.54 Å². The summed E-state index contributed by atoms with van der Waals surface area (Å²) in [6.07, 6.45) is 11.4. The zero-order chi connectivity index (χ0) is 14.6. The van der Waals surface area contributed by atoms with Crippen LogP contribution in [0.25, 0.3) is 0 Å². The van der Waals surface area contributed by atoms with E-state index in [9.17, 15) is 13.2 Å². The summed E-state index contributed by atoms with van der Waals surface area (Å²) in [5.41, 5.74) is 0. The fraction of sp³-hybridized carbons (Fsp3) is 0.786. The van der Waals surface area contributed by atoms with Gasteiger partial charge in [-0.05, 0) is 31.6 Å². The predicted molar refractivity (Wildman–Crippen MR) is 78.1 cm³/mol. The number of nitrogens with one attached hydrogen (secondary N) is 1. The topological polar surface area (TPSA) is 66.5 Å². The Morgan fingerprint density at radius 2 is 1.90 bits per heavy atom. The summed E-state index contributed by atoms with van der Waals surface area (Å²) in [7, 11) is -2.14. The van der Waals surface area contributed by atoms with Gasteiger partial charge in [-0.1, -0.05) is 31.4 Å². The van der Waals surface area contributed by atoms with Crippen LogP contribution in [0.1, 0.15) is 44.9 Å². The molecule has 1 N–H and O–H groups in total. The standard InChI is InChI=1S/C14H24N2O3S/c1-16-10-8-6-4-2-3-5-7-9-12-11-13(12)14(17)15-20(16,18)19/h7,9,12-13H,2-6,8,10-11H2,1H3,(H,15,17)/b9-7+/t12-,13+/m1/s1. The molecule has 2 rings (SSSR count). The zero-order valence-electron chi connectivity index (χ0n) is 12.0. The third-order valence-electron chi connectivity index (χ3n) is 4.04. The maximum Gasteiger partial charge on any atom is 0.303 e. The number of carbonyl (C=O) groups excluding carboxylic acids is 1. The number of amides is 1. The molecule has 1 aliphatic carbocycles. The van der Waals surface area contributed by atoms with Gasteiger partial charge in [0.05, 0.1) is 0 Å². The van der Waals surface area contributed by atoms with Crippen LogP contribution in [0.3, 0.4) is 0 Å². The molecule has 1 amide bonds. The van der Waals surface area contributed by atoms with Gasteiger partial charge >= 0.3 is 10.2 Å². The van der Waals surface area contributed by atoms with Crippen molar-refractivity contribution in [3.05, 3.63) is 12.2 Å². The fourth-order valence-corrected chi connectivity index (χ4v) is 3.46. The maximum atomic E-state index is 12.0. The van der Waals surface area contributed by atoms with E-state index in [-0.39, 0.29) is 17.7 Å². The molecule has 0 aromatic carbocycles. The van der Waals surface area contributed by atoms with Crippen molar-refractivity contribution < 1.29 is 13.2 Å². The molecule has 0 saturated heterocycles. The van der Waals surface area contributed by atoms with E-state index in [0.717, 1.165) is 32.1 Å². The second-order valence-electron chi connectivity index (χ2n) is 5.78. The molecule has 2 aliphatic rings. The summed E-state index contributed by atoms with van der Waals surface area (Å²) >= 11 is 0. The summed E-state index contributed by atoms with van der Waals surface area (Å²) in [6.45, 7) is 0.467. The van der Waals surface area contributed by atoms with Gasteiger partial charge < -0.3 is 0 Å². The highest BCUT2D eigenvalue weighted by molar-refractivity contribution is 7.87. The number of fused-ring (bicyclic) bond motifs is 1. The van der Waals surface area contributed by atoms with Crippen LogP contribution in [-0.4, -0.2) is 32.2 Å². The molecule has 0 aromatic heterocycles. The number of allylic oxidation sites excluding steroid dienone is 2. The Labute approximate surface area is 121 Å². The highest BCUT2D eigenvalue weighted by Gasteiger charge is 2.42. The monoisotopic (exact) mass is 300 g/mol. The molecular formula is C14H24N2O3S. The molecule has 0 unspecified atom stereocenters.